The quantitative estimate of drug-likeness (QED) is 0.764. The predicted octanol–water partition coefficient (Wildman–Crippen LogP) is 3.31. The average Bonchev–Trinajstić information content (AvgIpc) is 3.17. The smallest absolute Gasteiger partial charge is 0.228 e. The number of halogens is 1. The summed E-state index contributed by atoms with van der Waals surface area (Å²) in [5.74, 6) is -1.12. The lowest BCUT2D eigenvalue weighted by atomic mass is 9.88. The molecule has 0 unspecified atom stereocenters. The first kappa shape index (κ1) is 21.0. The van der Waals surface area contributed by atoms with Crippen molar-refractivity contribution in [3.63, 3.8) is 0 Å². The van der Waals surface area contributed by atoms with E-state index in [1.165, 1.54) is 23.1 Å². The van der Waals surface area contributed by atoms with Crippen molar-refractivity contribution in [3.8, 4) is 5.75 Å². The summed E-state index contributed by atoms with van der Waals surface area (Å²) in [5.41, 5.74) is 1.54. The second-order valence-corrected chi connectivity index (χ2v) is 8.35. The number of benzene rings is 2. The SMILES string of the molecule is Cc1ccc(N2C[C@@H](C(=O)N3CCC(C(=O)c4ccc(O)cc4)CC3)CC2=O)cc1F. The number of hydrogen-bond donors (Lipinski definition) is 1. The second-order valence-electron chi connectivity index (χ2n) is 8.35. The normalized spacial score (nSPS) is 19.7. The summed E-state index contributed by atoms with van der Waals surface area (Å²) in [4.78, 5) is 41.3. The topological polar surface area (TPSA) is 77.9 Å². The summed E-state index contributed by atoms with van der Waals surface area (Å²) in [6, 6.07) is 10.9. The Hall–Kier alpha value is -3.22. The fourth-order valence-corrected chi connectivity index (χ4v) is 4.35. The maximum absolute atomic E-state index is 13.9. The zero-order chi connectivity index (χ0) is 22.1. The van der Waals surface area contributed by atoms with Crippen molar-refractivity contribution in [1.82, 2.24) is 4.90 Å². The van der Waals surface area contributed by atoms with Crippen LogP contribution in [0.25, 0.3) is 0 Å². The number of aryl methyl sites for hydroxylation is 1. The van der Waals surface area contributed by atoms with Crippen molar-refractivity contribution in [2.75, 3.05) is 24.5 Å². The van der Waals surface area contributed by atoms with E-state index < -0.39 is 5.92 Å². The van der Waals surface area contributed by atoms with Gasteiger partial charge in [-0.1, -0.05) is 6.07 Å². The van der Waals surface area contributed by atoms with E-state index in [1.807, 2.05) is 0 Å². The van der Waals surface area contributed by atoms with Gasteiger partial charge in [-0.2, -0.15) is 0 Å². The van der Waals surface area contributed by atoms with Gasteiger partial charge >= 0.3 is 0 Å². The van der Waals surface area contributed by atoms with Gasteiger partial charge in [-0.15, -0.1) is 0 Å². The van der Waals surface area contributed by atoms with E-state index in [2.05, 4.69) is 0 Å². The Kier molecular flexibility index (Phi) is 5.76. The Morgan fingerprint density at radius 3 is 2.35 bits per heavy atom. The Morgan fingerprint density at radius 1 is 1.03 bits per heavy atom. The summed E-state index contributed by atoms with van der Waals surface area (Å²) in [6.45, 7) is 2.84. The highest BCUT2D eigenvalue weighted by molar-refractivity contribution is 6.00. The number of amides is 2. The molecule has 0 aromatic heterocycles. The molecule has 7 heteroatoms. The first-order valence-electron chi connectivity index (χ1n) is 10.5. The lowest BCUT2D eigenvalue weighted by molar-refractivity contribution is -0.137. The lowest BCUT2D eigenvalue weighted by Crippen LogP contribution is -2.43. The van der Waals surface area contributed by atoms with Crippen LogP contribution in [0.15, 0.2) is 42.5 Å². The van der Waals surface area contributed by atoms with Crippen LogP contribution in [-0.4, -0.2) is 47.2 Å². The summed E-state index contributed by atoms with van der Waals surface area (Å²) in [6.07, 6.45) is 1.25. The van der Waals surface area contributed by atoms with Crippen molar-refractivity contribution in [2.45, 2.75) is 26.2 Å². The number of rotatable bonds is 4. The van der Waals surface area contributed by atoms with E-state index >= 15 is 0 Å². The highest BCUT2D eigenvalue weighted by Crippen LogP contribution is 2.29. The number of anilines is 1. The molecule has 2 aliphatic rings. The largest absolute Gasteiger partial charge is 0.508 e. The molecule has 0 saturated carbocycles. The molecule has 0 spiro atoms. The third kappa shape index (κ3) is 4.31. The zero-order valence-electron chi connectivity index (χ0n) is 17.4. The number of carbonyl (C=O) groups is 3. The van der Waals surface area contributed by atoms with Crippen LogP contribution >= 0.6 is 0 Å². The third-order valence-electron chi connectivity index (χ3n) is 6.27. The minimum absolute atomic E-state index is 0.0238. The van der Waals surface area contributed by atoms with Gasteiger partial charge in [0.15, 0.2) is 5.78 Å². The van der Waals surface area contributed by atoms with Crippen LogP contribution in [-0.2, 0) is 9.59 Å². The molecule has 2 saturated heterocycles. The standard InChI is InChI=1S/C24H25FN2O4/c1-15-2-5-19(13-21(15)25)27-14-18(12-22(27)29)24(31)26-10-8-17(9-11-26)23(30)16-3-6-20(28)7-4-16/h2-7,13,17-18,28H,8-12,14H2,1H3/t18-/m0/s1. The maximum atomic E-state index is 13.9. The Bertz CT molecular complexity index is 1010. The van der Waals surface area contributed by atoms with Gasteiger partial charge in [-0.05, 0) is 61.7 Å². The molecule has 2 heterocycles. The number of likely N-dealkylation sites (tertiary alicyclic amines) is 1. The molecule has 2 fully saturated rings. The molecular formula is C24H25FN2O4. The number of phenolic OH excluding ortho intramolecular Hbond substituents is 1. The number of Topliss-reactive ketones (excluding diaryl/α,β-unsaturated/α-hetero) is 1. The molecule has 1 N–H and O–H groups in total. The Balaban J connectivity index is 1.35. The third-order valence-corrected chi connectivity index (χ3v) is 6.27. The van der Waals surface area contributed by atoms with E-state index in [1.54, 1.807) is 36.1 Å². The first-order valence-corrected chi connectivity index (χ1v) is 10.5. The lowest BCUT2D eigenvalue weighted by Gasteiger charge is -2.33. The number of hydrogen-bond acceptors (Lipinski definition) is 4. The fourth-order valence-electron chi connectivity index (χ4n) is 4.35. The van der Waals surface area contributed by atoms with E-state index in [0.717, 1.165) is 0 Å². The van der Waals surface area contributed by atoms with Crippen molar-refractivity contribution in [3.05, 3.63) is 59.4 Å². The minimum atomic E-state index is -0.457. The van der Waals surface area contributed by atoms with Crippen molar-refractivity contribution < 1.29 is 23.9 Å². The van der Waals surface area contributed by atoms with Gasteiger partial charge in [-0.3, -0.25) is 14.4 Å². The van der Waals surface area contributed by atoms with Gasteiger partial charge in [0.05, 0.1) is 5.92 Å². The minimum Gasteiger partial charge on any atom is -0.508 e. The summed E-state index contributed by atoms with van der Waals surface area (Å²) in [7, 11) is 0. The summed E-state index contributed by atoms with van der Waals surface area (Å²) < 4.78 is 13.9. The zero-order valence-corrected chi connectivity index (χ0v) is 17.4. The molecular weight excluding hydrogens is 399 g/mol. The molecule has 6 nitrogen and oxygen atoms in total. The summed E-state index contributed by atoms with van der Waals surface area (Å²) in [5, 5.41) is 9.38. The molecule has 162 valence electrons. The van der Waals surface area contributed by atoms with E-state index in [-0.39, 0.29) is 48.0 Å². The van der Waals surface area contributed by atoms with Crippen LogP contribution in [0, 0.1) is 24.6 Å². The molecule has 0 radical (unpaired) electrons. The molecule has 1 atom stereocenters. The van der Waals surface area contributed by atoms with Crippen LogP contribution in [0.4, 0.5) is 10.1 Å². The number of aromatic hydroxyl groups is 1. The van der Waals surface area contributed by atoms with Crippen LogP contribution < -0.4 is 4.90 Å². The molecule has 2 aromatic carbocycles. The van der Waals surface area contributed by atoms with Gasteiger partial charge in [-0.25, -0.2) is 4.39 Å². The maximum Gasteiger partial charge on any atom is 0.228 e. The predicted molar refractivity (Wildman–Crippen MR) is 113 cm³/mol. The van der Waals surface area contributed by atoms with Gasteiger partial charge in [0, 0.05) is 43.2 Å². The average molecular weight is 424 g/mol. The number of ketones is 1. The van der Waals surface area contributed by atoms with Crippen molar-refractivity contribution >= 4 is 23.3 Å². The number of carbonyl (C=O) groups excluding carboxylic acids is 3. The number of piperidine rings is 1. The van der Waals surface area contributed by atoms with E-state index in [0.29, 0.717) is 42.7 Å². The highest BCUT2D eigenvalue weighted by atomic mass is 19.1. The van der Waals surface area contributed by atoms with Gasteiger partial charge in [0.1, 0.15) is 11.6 Å². The first-order chi connectivity index (χ1) is 14.8. The molecule has 31 heavy (non-hydrogen) atoms. The van der Waals surface area contributed by atoms with Gasteiger partial charge < -0.3 is 14.9 Å². The molecule has 4 rings (SSSR count). The summed E-state index contributed by atoms with van der Waals surface area (Å²) >= 11 is 0. The fraction of sp³-hybridized carbons (Fsp3) is 0.375. The number of nitrogens with zero attached hydrogens (tertiary/aromatic N) is 2. The van der Waals surface area contributed by atoms with Crippen LogP contribution in [0.3, 0.4) is 0 Å². The number of phenols is 1. The molecule has 2 aliphatic heterocycles. The van der Waals surface area contributed by atoms with Crippen LogP contribution in [0.1, 0.15) is 35.2 Å². The molecule has 0 bridgehead atoms. The molecule has 2 aromatic rings. The van der Waals surface area contributed by atoms with Crippen LogP contribution in [0.5, 0.6) is 5.75 Å². The second kappa shape index (κ2) is 8.49. The Morgan fingerprint density at radius 2 is 1.71 bits per heavy atom. The molecule has 2 amide bonds. The highest BCUT2D eigenvalue weighted by Gasteiger charge is 2.38. The van der Waals surface area contributed by atoms with Gasteiger partial charge in [0.2, 0.25) is 11.8 Å². The monoisotopic (exact) mass is 424 g/mol. The van der Waals surface area contributed by atoms with Crippen LogP contribution in [0.2, 0.25) is 0 Å². The van der Waals surface area contributed by atoms with Crippen molar-refractivity contribution in [1.29, 1.82) is 0 Å². The molecule has 0 aliphatic carbocycles. The van der Waals surface area contributed by atoms with E-state index in [9.17, 15) is 23.9 Å². The Labute approximate surface area is 180 Å². The van der Waals surface area contributed by atoms with Gasteiger partial charge in [0.25, 0.3) is 0 Å². The van der Waals surface area contributed by atoms with E-state index in [4.69, 9.17) is 0 Å². The van der Waals surface area contributed by atoms with Crippen molar-refractivity contribution in [2.24, 2.45) is 11.8 Å².